The van der Waals surface area contributed by atoms with E-state index in [-0.39, 0.29) is 12.1 Å². The number of nitrogens with zero attached hydrogens (tertiary/aromatic N) is 2. The summed E-state index contributed by atoms with van der Waals surface area (Å²) in [6, 6.07) is 0.0216. The maximum absolute atomic E-state index is 12.7. The lowest BCUT2D eigenvalue weighted by Crippen LogP contribution is -2.54. The molecule has 1 aliphatic heterocycles. The van der Waals surface area contributed by atoms with Crippen LogP contribution in [-0.4, -0.2) is 61.3 Å². The van der Waals surface area contributed by atoms with E-state index in [0.29, 0.717) is 13.1 Å². The lowest BCUT2D eigenvalue weighted by Gasteiger charge is -2.38. The molecule has 2 N–H and O–H groups in total. The highest BCUT2D eigenvalue weighted by Gasteiger charge is 2.36. The Hall–Kier alpha value is 0.180. The Kier molecular flexibility index (Phi) is 7.10. The van der Waals surface area contributed by atoms with E-state index < -0.39 is 10.2 Å². The van der Waals surface area contributed by atoms with E-state index in [4.69, 9.17) is 5.73 Å². The molecule has 5 nitrogen and oxygen atoms in total. The number of rotatable bonds is 7. The third kappa shape index (κ3) is 4.07. The Bertz CT molecular complexity index is 362. The average Bonchev–Trinajstić information content (AvgIpc) is 2.43. The van der Waals surface area contributed by atoms with Crippen molar-refractivity contribution in [2.45, 2.75) is 44.7 Å². The van der Waals surface area contributed by atoms with Crippen molar-refractivity contribution < 1.29 is 8.42 Å². The van der Waals surface area contributed by atoms with E-state index in [9.17, 15) is 8.42 Å². The van der Waals surface area contributed by atoms with Crippen LogP contribution in [0.15, 0.2) is 0 Å². The molecule has 0 radical (unpaired) electrons. The maximum Gasteiger partial charge on any atom is 0.282 e. The molecule has 2 atom stereocenters. The van der Waals surface area contributed by atoms with Crippen molar-refractivity contribution in [1.29, 1.82) is 0 Å². The summed E-state index contributed by atoms with van der Waals surface area (Å²) in [6.07, 6.45) is 5.72. The number of hydrogen-bond donors (Lipinski definition) is 1. The van der Waals surface area contributed by atoms with Gasteiger partial charge in [0.2, 0.25) is 0 Å². The molecule has 0 aromatic rings. The van der Waals surface area contributed by atoms with Gasteiger partial charge in [-0.2, -0.15) is 28.8 Å². The second-order valence-electron chi connectivity index (χ2n) is 5.04. The monoisotopic (exact) mass is 309 g/mol. The molecular weight excluding hydrogens is 282 g/mol. The van der Waals surface area contributed by atoms with Crippen molar-refractivity contribution in [2.24, 2.45) is 5.73 Å². The Labute approximate surface area is 122 Å². The lowest BCUT2D eigenvalue weighted by molar-refractivity contribution is 0.232. The fraction of sp³-hybridized carbons (Fsp3) is 1.00. The summed E-state index contributed by atoms with van der Waals surface area (Å²) in [6.45, 7) is 3.04. The Morgan fingerprint density at radius 2 is 2.16 bits per heavy atom. The molecule has 0 aliphatic carbocycles. The third-order valence-electron chi connectivity index (χ3n) is 3.85. The predicted octanol–water partition coefficient (Wildman–Crippen LogP) is 1.12. The van der Waals surface area contributed by atoms with E-state index in [0.717, 1.165) is 31.4 Å². The first-order valence-corrected chi connectivity index (χ1v) is 9.71. The molecule has 0 aromatic carbocycles. The van der Waals surface area contributed by atoms with Crippen LogP contribution in [0.2, 0.25) is 0 Å². The van der Waals surface area contributed by atoms with Gasteiger partial charge in [-0.05, 0) is 25.5 Å². The first-order valence-electron chi connectivity index (χ1n) is 6.92. The van der Waals surface area contributed by atoms with Gasteiger partial charge in [0.15, 0.2) is 0 Å². The van der Waals surface area contributed by atoms with Crippen LogP contribution in [0, 0.1) is 0 Å². The Morgan fingerprint density at radius 1 is 1.47 bits per heavy atom. The van der Waals surface area contributed by atoms with Gasteiger partial charge in [-0.25, -0.2) is 0 Å². The summed E-state index contributed by atoms with van der Waals surface area (Å²) in [5.41, 5.74) is 5.73. The molecule has 1 fully saturated rings. The molecule has 19 heavy (non-hydrogen) atoms. The van der Waals surface area contributed by atoms with E-state index >= 15 is 0 Å². The van der Waals surface area contributed by atoms with Crippen molar-refractivity contribution in [3.63, 3.8) is 0 Å². The van der Waals surface area contributed by atoms with Crippen LogP contribution in [0.4, 0.5) is 0 Å². The van der Waals surface area contributed by atoms with Gasteiger partial charge >= 0.3 is 0 Å². The molecule has 0 saturated carbocycles. The summed E-state index contributed by atoms with van der Waals surface area (Å²) in [5, 5.41) is 0. The largest absolute Gasteiger partial charge is 0.329 e. The molecule has 1 rings (SSSR count). The van der Waals surface area contributed by atoms with Crippen LogP contribution in [0.25, 0.3) is 0 Å². The van der Waals surface area contributed by atoms with E-state index in [2.05, 4.69) is 0 Å². The van der Waals surface area contributed by atoms with Crippen molar-refractivity contribution in [2.75, 3.05) is 32.1 Å². The van der Waals surface area contributed by atoms with Crippen LogP contribution in [0.1, 0.15) is 32.6 Å². The van der Waals surface area contributed by atoms with Gasteiger partial charge in [-0.1, -0.05) is 13.3 Å². The maximum atomic E-state index is 12.7. The topological polar surface area (TPSA) is 66.6 Å². The molecule has 1 saturated heterocycles. The van der Waals surface area contributed by atoms with Crippen LogP contribution in [0.5, 0.6) is 0 Å². The SMILES string of the molecule is CCC(CSC)N(C)S(=O)(=O)N1CCCCC1CN. The molecule has 0 spiro atoms. The van der Waals surface area contributed by atoms with Crippen LogP contribution < -0.4 is 5.73 Å². The molecule has 0 aromatic heterocycles. The lowest BCUT2D eigenvalue weighted by atomic mass is 10.1. The molecule has 2 unspecified atom stereocenters. The van der Waals surface area contributed by atoms with Crippen LogP contribution in [0.3, 0.4) is 0 Å². The minimum absolute atomic E-state index is 0.0343. The fourth-order valence-corrected chi connectivity index (χ4v) is 5.34. The fourth-order valence-electron chi connectivity index (χ4n) is 2.54. The molecule has 0 amide bonds. The van der Waals surface area contributed by atoms with Crippen LogP contribution in [-0.2, 0) is 10.2 Å². The standard InChI is InChI=1S/C12H27N3O2S2/c1-4-11(10-18-3)14(2)19(16,17)15-8-6-5-7-12(15)9-13/h11-12H,4-10,13H2,1-3H3. The minimum Gasteiger partial charge on any atom is -0.329 e. The average molecular weight is 310 g/mol. The number of nitrogens with two attached hydrogens (primary N) is 1. The summed E-state index contributed by atoms with van der Waals surface area (Å²) >= 11 is 1.68. The molecular formula is C12H27N3O2S2. The highest BCUT2D eigenvalue weighted by molar-refractivity contribution is 7.98. The van der Waals surface area contributed by atoms with E-state index in [1.807, 2.05) is 13.2 Å². The minimum atomic E-state index is -3.38. The zero-order valence-corrected chi connectivity index (χ0v) is 13.8. The van der Waals surface area contributed by atoms with Gasteiger partial charge in [0.05, 0.1) is 0 Å². The highest BCUT2D eigenvalue weighted by Crippen LogP contribution is 2.23. The smallest absolute Gasteiger partial charge is 0.282 e. The van der Waals surface area contributed by atoms with Gasteiger partial charge in [-0.3, -0.25) is 0 Å². The third-order valence-corrected chi connectivity index (χ3v) is 6.67. The Morgan fingerprint density at radius 3 is 2.68 bits per heavy atom. The molecule has 1 heterocycles. The first kappa shape index (κ1) is 17.2. The van der Waals surface area contributed by atoms with Gasteiger partial charge in [0.25, 0.3) is 10.2 Å². The zero-order chi connectivity index (χ0) is 14.5. The highest BCUT2D eigenvalue weighted by atomic mass is 32.2. The summed E-state index contributed by atoms with van der Waals surface area (Å²) < 4.78 is 28.6. The summed E-state index contributed by atoms with van der Waals surface area (Å²) in [4.78, 5) is 0. The van der Waals surface area contributed by atoms with Crippen LogP contribution >= 0.6 is 11.8 Å². The predicted molar refractivity (Wildman–Crippen MR) is 82.5 cm³/mol. The molecule has 0 bridgehead atoms. The van der Waals surface area contributed by atoms with Crippen molar-refractivity contribution in [1.82, 2.24) is 8.61 Å². The molecule has 1 aliphatic rings. The summed E-state index contributed by atoms with van der Waals surface area (Å²) in [5.74, 6) is 0.827. The first-order chi connectivity index (χ1) is 8.98. The quantitative estimate of drug-likeness (QED) is 0.765. The van der Waals surface area contributed by atoms with E-state index in [1.165, 1.54) is 4.31 Å². The van der Waals surface area contributed by atoms with Gasteiger partial charge in [-0.15, -0.1) is 0 Å². The van der Waals surface area contributed by atoms with Crippen molar-refractivity contribution in [3.05, 3.63) is 0 Å². The number of piperidine rings is 1. The summed E-state index contributed by atoms with van der Waals surface area (Å²) in [7, 11) is -1.69. The van der Waals surface area contributed by atoms with Crippen molar-refractivity contribution in [3.8, 4) is 0 Å². The van der Waals surface area contributed by atoms with Gasteiger partial charge in [0.1, 0.15) is 0 Å². The number of thioether (sulfide) groups is 1. The van der Waals surface area contributed by atoms with Crippen molar-refractivity contribution >= 4 is 22.0 Å². The zero-order valence-electron chi connectivity index (χ0n) is 12.2. The van der Waals surface area contributed by atoms with Gasteiger partial charge in [0, 0.05) is 38.0 Å². The van der Waals surface area contributed by atoms with Gasteiger partial charge < -0.3 is 5.73 Å². The number of hydrogen-bond acceptors (Lipinski definition) is 4. The molecule has 114 valence electrons. The molecule has 7 heteroatoms. The van der Waals surface area contributed by atoms with E-state index in [1.54, 1.807) is 23.1 Å². The second kappa shape index (κ2) is 7.83. The Balaban J connectivity index is 2.87. The normalized spacial score (nSPS) is 23.7. The second-order valence-corrected chi connectivity index (χ2v) is 7.89.